The number of aryl methyl sites for hydroxylation is 2. The number of hydrogen-bond acceptors (Lipinski definition) is 4. The second kappa shape index (κ2) is 5.34. The average molecular weight is 261 g/mol. The van der Waals surface area contributed by atoms with Crippen LogP contribution >= 0.6 is 0 Å². The molecule has 2 rings (SSSR count). The minimum absolute atomic E-state index is 0.0625. The molecule has 0 aliphatic heterocycles. The van der Waals surface area contributed by atoms with Gasteiger partial charge in [-0.15, -0.1) is 0 Å². The molecule has 102 valence electrons. The van der Waals surface area contributed by atoms with Crippen LogP contribution in [0.1, 0.15) is 37.2 Å². The van der Waals surface area contributed by atoms with Crippen molar-refractivity contribution in [3.05, 3.63) is 23.3 Å². The van der Waals surface area contributed by atoms with E-state index in [-0.39, 0.29) is 11.9 Å². The van der Waals surface area contributed by atoms with Crippen molar-refractivity contribution in [2.24, 2.45) is 0 Å². The second-order valence-corrected chi connectivity index (χ2v) is 4.96. The Hall–Kier alpha value is -1.98. The topological polar surface area (TPSA) is 72.2 Å². The highest BCUT2D eigenvalue weighted by Crippen LogP contribution is 2.14. The van der Waals surface area contributed by atoms with Crippen LogP contribution in [0.15, 0.2) is 6.33 Å². The van der Waals surface area contributed by atoms with Crippen LogP contribution in [0, 0.1) is 13.8 Å². The van der Waals surface area contributed by atoms with Gasteiger partial charge in [-0.25, -0.2) is 9.50 Å². The zero-order valence-corrected chi connectivity index (χ0v) is 11.8. The van der Waals surface area contributed by atoms with E-state index in [2.05, 4.69) is 20.4 Å². The van der Waals surface area contributed by atoms with Crippen LogP contribution in [0.4, 0.5) is 0 Å². The third-order valence-electron chi connectivity index (χ3n) is 3.04. The molecule has 6 heteroatoms. The van der Waals surface area contributed by atoms with Crippen molar-refractivity contribution in [3.8, 4) is 0 Å². The van der Waals surface area contributed by atoms with Gasteiger partial charge in [0.05, 0.1) is 0 Å². The third kappa shape index (κ3) is 2.89. The average Bonchev–Trinajstić information content (AvgIpc) is 2.75. The van der Waals surface area contributed by atoms with E-state index in [1.807, 2.05) is 27.7 Å². The number of hydrogen-bond donors (Lipinski definition) is 1. The van der Waals surface area contributed by atoms with Gasteiger partial charge in [-0.2, -0.15) is 10.1 Å². The summed E-state index contributed by atoms with van der Waals surface area (Å²) in [5.74, 6) is 0.665. The Balaban J connectivity index is 2.18. The highest BCUT2D eigenvalue weighted by atomic mass is 16.1. The Bertz CT molecular complexity index is 602. The molecule has 0 aliphatic carbocycles. The summed E-state index contributed by atoms with van der Waals surface area (Å²) in [6.45, 7) is 7.83. The lowest BCUT2D eigenvalue weighted by Gasteiger charge is -2.11. The largest absolute Gasteiger partial charge is 0.354 e. The van der Waals surface area contributed by atoms with Gasteiger partial charge < -0.3 is 5.32 Å². The molecule has 0 fully saturated rings. The summed E-state index contributed by atoms with van der Waals surface area (Å²) in [6.07, 6.45) is 2.62. The first-order chi connectivity index (χ1) is 8.99. The van der Waals surface area contributed by atoms with Gasteiger partial charge in [-0.05, 0) is 39.7 Å². The molecule has 2 aromatic rings. The van der Waals surface area contributed by atoms with Crippen molar-refractivity contribution in [2.45, 2.75) is 46.6 Å². The van der Waals surface area contributed by atoms with Gasteiger partial charge in [0.2, 0.25) is 5.91 Å². The molecule has 0 aromatic carbocycles. The summed E-state index contributed by atoms with van der Waals surface area (Å²) >= 11 is 0. The predicted octanol–water partition coefficient (Wildman–Crippen LogP) is 1.20. The minimum atomic E-state index is 0.0625. The molecule has 2 aromatic heterocycles. The molecule has 0 saturated carbocycles. The Labute approximate surface area is 112 Å². The number of nitrogens with zero attached hydrogens (tertiary/aromatic N) is 4. The quantitative estimate of drug-likeness (QED) is 0.897. The third-order valence-corrected chi connectivity index (χ3v) is 3.04. The van der Waals surface area contributed by atoms with Crippen LogP contribution in [0.3, 0.4) is 0 Å². The summed E-state index contributed by atoms with van der Waals surface area (Å²) < 4.78 is 1.71. The fourth-order valence-electron chi connectivity index (χ4n) is 2.15. The molecule has 0 aliphatic rings. The first-order valence-corrected chi connectivity index (χ1v) is 6.44. The van der Waals surface area contributed by atoms with E-state index in [0.29, 0.717) is 18.6 Å². The number of amides is 1. The van der Waals surface area contributed by atoms with Crippen molar-refractivity contribution in [3.63, 3.8) is 0 Å². The summed E-state index contributed by atoms with van der Waals surface area (Å²) in [5, 5.41) is 7.03. The van der Waals surface area contributed by atoms with Crippen LogP contribution in [-0.2, 0) is 11.2 Å². The fraction of sp³-hybridized carbons (Fsp3) is 0.538. The second-order valence-electron chi connectivity index (χ2n) is 4.96. The Morgan fingerprint density at radius 2 is 2.16 bits per heavy atom. The maximum absolute atomic E-state index is 11.7. The Morgan fingerprint density at radius 3 is 2.84 bits per heavy atom. The van der Waals surface area contributed by atoms with Crippen molar-refractivity contribution < 1.29 is 4.79 Å². The molecule has 1 amide bonds. The number of fused-ring (bicyclic) bond motifs is 1. The van der Waals surface area contributed by atoms with E-state index in [4.69, 9.17) is 0 Å². The van der Waals surface area contributed by atoms with Crippen molar-refractivity contribution in [2.75, 3.05) is 0 Å². The van der Waals surface area contributed by atoms with Crippen LogP contribution < -0.4 is 5.32 Å². The van der Waals surface area contributed by atoms with Gasteiger partial charge in [0, 0.05) is 23.9 Å². The number of aromatic nitrogens is 4. The van der Waals surface area contributed by atoms with Gasteiger partial charge in [-0.1, -0.05) is 0 Å². The first kappa shape index (κ1) is 13.5. The molecule has 0 unspecified atom stereocenters. The maximum Gasteiger partial charge on any atom is 0.252 e. The summed E-state index contributed by atoms with van der Waals surface area (Å²) in [7, 11) is 0. The molecule has 0 bridgehead atoms. The normalized spacial score (nSPS) is 11.2. The standard InChI is InChI=1S/C13H19N5O/c1-8(2)16-12(19)6-5-11-9(3)17-13-14-7-15-18(13)10(11)4/h7-8H,5-6H2,1-4H3,(H,16,19). The smallest absolute Gasteiger partial charge is 0.252 e. The van der Waals surface area contributed by atoms with Crippen LogP contribution in [0.25, 0.3) is 5.78 Å². The van der Waals surface area contributed by atoms with Crippen LogP contribution in [0.2, 0.25) is 0 Å². The molecule has 2 heterocycles. The van der Waals surface area contributed by atoms with Gasteiger partial charge in [-0.3, -0.25) is 4.79 Å². The first-order valence-electron chi connectivity index (χ1n) is 6.44. The summed E-state index contributed by atoms with van der Waals surface area (Å²) in [6, 6.07) is 0.172. The van der Waals surface area contributed by atoms with E-state index in [9.17, 15) is 4.79 Å². The Morgan fingerprint density at radius 1 is 1.42 bits per heavy atom. The number of nitrogens with one attached hydrogen (secondary N) is 1. The molecule has 0 spiro atoms. The molecule has 0 atom stereocenters. The molecule has 19 heavy (non-hydrogen) atoms. The lowest BCUT2D eigenvalue weighted by molar-refractivity contribution is -0.121. The van der Waals surface area contributed by atoms with Crippen molar-refractivity contribution >= 4 is 11.7 Å². The van der Waals surface area contributed by atoms with Crippen molar-refractivity contribution in [1.82, 2.24) is 24.9 Å². The lowest BCUT2D eigenvalue weighted by atomic mass is 10.1. The van der Waals surface area contributed by atoms with Gasteiger partial charge in [0.1, 0.15) is 6.33 Å². The van der Waals surface area contributed by atoms with Crippen LogP contribution in [0.5, 0.6) is 0 Å². The number of rotatable bonds is 4. The van der Waals surface area contributed by atoms with E-state index in [1.165, 1.54) is 6.33 Å². The zero-order valence-electron chi connectivity index (χ0n) is 11.8. The zero-order chi connectivity index (χ0) is 14.0. The summed E-state index contributed by atoms with van der Waals surface area (Å²) in [4.78, 5) is 20.2. The molecule has 0 saturated heterocycles. The number of carbonyl (C=O) groups excluding carboxylic acids is 1. The summed E-state index contributed by atoms with van der Waals surface area (Å²) in [5.41, 5.74) is 2.98. The lowest BCUT2D eigenvalue weighted by Crippen LogP contribution is -2.30. The van der Waals surface area contributed by atoms with Crippen LogP contribution in [-0.4, -0.2) is 31.5 Å². The molecule has 0 radical (unpaired) electrons. The van der Waals surface area contributed by atoms with Gasteiger partial charge in [0.15, 0.2) is 0 Å². The van der Waals surface area contributed by atoms with Gasteiger partial charge in [0.25, 0.3) is 5.78 Å². The predicted molar refractivity (Wildman–Crippen MR) is 71.9 cm³/mol. The molecule has 1 N–H and O–H groups in total. The van der Waals surface area contributed by atoms with E-state index in [0.717, 1.165) is 17.0 Å². The fourth-order valence-corrected chi connectivity index (χ4v) is 2.15. The Kier molecular flexibility index (Phi) is 3.78. The van der Waals surface area contributed by atoms with Gasteiger partial charge >= 0.3 is 0 Å². The molecular formula is C13H19N5O. The molecule has 6 nitrogen and oxygen atoms in total. The highest BCUT2D eigenvalue weighted by molar-refractivity contribution is 5.76. The van der Waals surface area contributed by atoms with Crippen molar-refractivity contribution in [1.29, 1.82) is 0 Å². The maximum atomic E-state index is 11.7. The number of carbonyl (C=O) groups is 1. The molecular weight excluding hydrogens is 242 g/mol. The highest BCUT2D eigenvalue weighted by Gasteiger charge is 2.12. The minimum Gasteiger partial charge on any atom is -0.354 e. The SMILES string of the molecule is Cc1nc2ncnn2c(C)c1CCC(=O)NC(C)C. The van der Waals surface area contributed by atoms with E-state index in [1.54, 1.807) is 4.52 Å². The monoisotopic (exact) mass is 261 g/mol. The van der Waals surface area contributed by atoms with E-state index >= 15 is 0 Å². The van der Waals surface area contributed by atoms with E-state index < -0.39 is 0 Å².